The largest absolute Gasteiger partial charge is 0.346 e. The quantitative estimate of drug-likeness (QED) is 0.290. The molecule has 1 fully saturated rings. The van der Waals surface area contributed by atoms with Gasteiger partial charge in [0.15, 0.2) is 5.78 Å². The molecule has 1 saturated heterocycles. The first-order valence-electron chi connectivity index (χ1n) is 10.1. The highest BCUT2D eigenvalue weighted by Crippen LogP contribution is 2.46. The van der Waals surface area contributed by atoms with Crippen molar-refractivity contribution in [2.24, 2.45) is 0 Å². The van der Waals surface area contributed by atoms with Gasteiger partial charge in [-0.2, -0.15) is 0 Å². The molecule has 154 valence electrons. The lowest BCUT2D eigenvalue weighted by Crippen LogP contribution is -2.44. The van der Waals surface area contributed by atoms with Crippen LogP contribution in [0.2, 0.25) is 0 Å². The number of para-hydroxylation sites is 1. The number of rotatable bonds is 4. The monoisotopic (exact) mass is 474 g/mol. The molecule has 5 rings (SSSR count). The number of nitro groups is 1. The molecule has 0 aromatic heterocycles. The summed E-state index contributed by atoms with van der Waals surface area (Å²) in [4.78, 5) is 27.9. The zero-order valence-corrected chi connectivity index (χ0v) is 18.1. The number of hydrogen-bond donors (Lipinski definition) is 0. The smallest absolute Gasteiger partial charge is 0.245 e. The molecule has 0 radical (unpaired) electrons. The maximum Gasteiger partial charge on any atom is 0.245 e. The van der Waals surface area contributed by atoms with Gasteiger partial charge < -0.3 is 4.90 Å². The van der Waals surface area contributed by atoms with Crippen LogP contribution in [0.15, 0.2) is 89.4 Å². The molecule has 2 heterocycles. The molecule has 4 atom stereocenters. The van der Waals surface area contributed by atoms with Crippen molar-refractivity contribution in [1.29, 1.82) is 0 Å². The van der Waals surface area contributed by atoms with Crippen molar-refractivity contribution in [3.05, 3.63) is 116 Å². The van der Waals surface area contributed by atoms with Gasteiger partial charge in [-0.25, -0.2) is 0 Å². The topological polar surface area (TPSA) is 63.4 Å². The van der Waals surface area contributed by atoms with Crippen LogP contribution >= 0.6 is 15.9 Å². The number of carbonyl (C=O) groups excluding carboxylic acids is 1. The zero-order chi connectivity index (χ0) is 21.5. The molecular weight excluding hydrogens is 456 g/mol. The van der Waals surface area contributed by atoms with E-state index in [1.54, 1.807) is 12.1 Å². The minimum atomic E-state index is -0.934. The van der Waals surface area contributed by atoms with Gasteiger partial charge in [-0.15, -0.1) is 0 Å². The van der Waals surface area contributed by atoms with E-state index in [9.17, 15) is 14.9 Å². The van der Waals surface area contributed by atoms with Gasteiger partial charge in [0.05, 0.1) is 5.92 Å². The molecule has 0 N–H and O–H groups in total. The highest BCUT2D eigenvalue weighted by atomic mass is 79.9. The Bertz CT molecular complexity index is 1180. The molecular formula is C25H19BrN2O3. The van der Waals surface area contributed by atoms with Crippen LogP contribution in [0.1, 0.15) is 27.4 Å². The van der Waals surface area contributed by atoms with Crippen LogP contribution in [-0.2, 0) is 0 Å². The van der Waals surface area contributed by atoms with Crippen LogP contribution < -0.4 is 4.90 Å². The summed E-state index contributed by atoms with van der Waals surface area (Å²) in [6, 6.07) is 22.2. The Kier molecular flexibility index (Phi) is 4.94. The summed E-state index contributed by atoms with van der Waals surface area (Å²) in [6.45, 7) is 0. The van der Waals surface area contributed by atoms with Crippen LogP contribution in [0.25, 0.3) is 6.08 Å². The zero-order valence-electron chi connectivity index (χ0n) is 16.5. The lowest BCUT2D eigenvalue weighted by Gasteiger charge is -2.34. The predicted molar refractivity (Wildman–Crippen MR) is 124 cm³/mol. The normalized spacial score (nSPS) is 23.8. The van der Waals surface area contributed by atoms with Crippen LogP contribution in [-0.4, -0.2) is 28.8 Å². The summed E-state index contributed by atoms with van der Waals surface area (Å²) >= 11 is 3.41. The minimum Gasteiger partial charge on any atom is -0.346 e. The van der Waals surface area contributed by atoms with Crippen molar-refractivity contribution in [3.8, 4) is 0 Å². The number of hydrogen-bond acceptors (Lipinski definition) is 4. The van der Waals surface area contributed by atoms with Crippen LogP contribution in [0, 0.1) is 10.1 Å². The number of fused-ring (bicyclic) bond motifs is 3. The molecule has 0 saturated carbocycles. The Morgan fingerprint density at radius 2 is 1.61 bits per heavy atom. The first-order valence-corrected chi connectivity index (χ1v) is 10.9. The van der Waals surface area contributed by atoms with Crippen molar-refractivity contribution < 1.29 is 9.72 Å². The maximum absolute atomic E-state index is 13.9. The Balaban J connectivity index is 1.72. The number of Topliss-reactive ketones (excluding diaryl/α,β-unsaturated/α-hetero) is 1. The highest BCUT2D eigenvalue weighted by molar-refractivity contribution is 9.10. The molecule has 2 aliphatic rings. The summed E-state index contributed by atoms with van der Waals surface area (Å²) in [5, 5.41) is 12.3. The van der Waals surface area contributed by atoms with Crippen LogP contribution in [0.5, 0.6) is 0 Å². The lowest BCUT2D eigenvalue weighted by atomic mass is 9.84. The third-order valence-corrected chi connectivity index (χ3v) is 6.72. The summed E-state index contributed by atoms with van der Waals surface area (Å²) in [6.07, 6.45) is 3.81. The van der Waals surface area contributed by atoms with Gasteiger partial charge in [0.25, 0.3) is 0 Å². The van der Waals surface area contributed by atoms with Crippen molar-refractivity contribution in [1.82, 2.24) is 0 Å². The SMILES string of the molecule is O=C(c1ccc(Br)cc1)[C@@H]1[C@H](c2ccccc2)[C@@H]([N+](=O)[O-])[C@@H]2C=Cc3ccccc3N12. The van der Waals surface area contributed by atoms with Gasteiger partial charge in [-0.3, -0.25) is 14.9 Å². The van der Waals surface area contributed by atoms with E-state index in [2.05, 4.69) is 15.9 Å². The summed E-state index contributed by atoms with van der Waals surface area (Å²) < 4.78 is 0.877. The van der Waals surface area contributed by atoms with Gasteiger partial charge in [0.2, 0.25) is 6.04 Å². The van der Waals surface area contributed by atoms with Gasteiger partial charge in [0, 0.05) is 20.6 Å². The standard InChI is InChI=1S/C25H19BrN2O3/c26-19-13-10-18(11-14-19)25(29)24-22(17-7-2-1-3-8-17)23(28(30)31)21-15-12-16-6-4-5-9-20(16)27(21)24/h1-15,21-24H/t21-,22+,23-,24-/m0/s1. The maximum atomic E-state index is 13.9. The molecule has 5 nitrogen and oxygen atoms in total. The predicted octanol–water partition coefficient (Wildman–Crippen LogP) is 5.35. The minimum absolute atomic E-state index is 0.110. The number of carbonyl (C=O) groups is 1. The second-order valence-electron chi connectivity index (χ2n) is 7.84. The van der Waals surface area contributed by atoms with Gasteiger partial charge in [0.1, 0.15) is 12.1 Å². The molecule has 6 heteroatoms. The van der Waals surface area contributed by atoms with E-state index < -0.39 is 24.0 Å². The van der Waals surface area contributed by atoms with Crippen molar-refractivity contribution in [3.63, 3.8) is 0 Å². The highest BCUT2D eigenvalue weighted by Gasteiger charge is 2.58. The molecule has 0 aliphatic carbocycles. The summed E-state index contributed by atoms with van der Waals surface area (Å²) in [5.74, 6) is -0.686. The Labute approximate surface area is 188 Å². The van der Waals surface area contributed by atoms with Gasteiger partial charge in [-0.1, -0.05) is 88.7 Å². The molecule has 0 unspecified atom stereocenters. The van der Waals surface area contributed by atoms with Crippen LogP contribution in [0.4, 0.5) is 5.69 Å². The summed E-state index contributed by atoms with van der Waals surface area (Å²) in [7, 11) is 0. The van der Waals surface area contributed by atoms with Crippen molar-refractivity contribution in [2.75, 3.05) is 4.90 Å². The van der Waals surface area contributed by atoms with E-state index in [0.717, 1.165) is 21.3 Å². The molecule has 31 heavy (non-hydrogen) atoms. The lowest BCUT2D eigenvalue weighted by molar-refractivity contribution is -0.524. The first-order chi connectivity index (χ1) is 15.1. The third kappa shape index (κ3) is 3.27. The Hall–Kier alpha value is -3.25. The summed E-state index contributed by atoms with van der Waals surface area (Å²) in [5.41, 5.74) is 3.17. The van der Waals surface area contributed by atoms with E-state index in [4.69, 9.17) is 0 Å². The molecule has 0 spiro atoms. The fourth-order valence-corrected chi connectivity index (χ4v) is 5.15. The molecule has 0 amide bonds. The molecule has 3 aromatic carbocycles. The number of halogens is 1. The molecule has 2 aliphatic heterocycles. The van der Waals surface area contributed by atoms with E-state index >= 15 is 0 Å². The Morgan fingerprint density at radius 3 is 2.32 bits per heavy atom. The average Bonchev–Trinajstić information content (AvgIpc) is 3.15. The molecule has 3 aromatic rings. The van der Waals surface area contributed by atoms with E-state index in [1.807, 2.05) is 83.8 Å². The number of ketones is 1. The van der Waals surface area contributed by atoms with E-state index in [-0.39, 0.29) is 10.7 Å². The van der Waals surface area contributed by atoms with Gasteiger partial charge in [-0.05, 0) is 29.3 Å². The number of anilines is 1. The van der Waals surface area contributed by atoms with Crippen molar-refractivity contribution >= 4 is 33.5 Å². The average molecular weight is 475 g/mol. The van der Waals surface area contributed by atoms with Crippen LogP contribution in [0.3, 0.4) is 0 Å². The first kappa shape index (κ1) is 19.7. The molecule has 0 bridgehead atoms. The number of benzene rings is 3. The van der Waals surface area contributed by atoms with E-state index in [0.29, 0.717) is 5.56 Å². The van der Waals surface area contributed by atoms with Crippen molar-refractivity contribution in [2.45, 2.75) is 24.0 Å². The number of nitrogens with zero attached hydrogens (tertiary/aromatic N) is 2. The second kappa shape index (κ2) is 7.78. The Morgan fingerprint density at radius 1 is 0.935 bits per heavy atom. The second-order valence-corrected chi connectivity index (χ2v) is 8.76. The van der Waals surface area contributed by atoms with Gasteiger partial charge >= 0.3 is 0 Å². The van der Waals surface area contributed by atoms with E-state index in [1.165, 1.54) is 0 Å². The fourth-order valence-electron chi connectivity index (χ4n) is 4.89. The third-order valence-electron chi connectivity index (χ3n) is 6.19. The fraction of sp³-hybridized carbons (Fsp3) is 0.160.